The normalized spacial score (nSPS) is 26.0. The summed E-state index contributed by atoms with van der Waals surface area (Å²) >= 11 is 0. The molecule has 0 saturated carbocycles. The zero-order chi connectivity index (χ0) is 12.4. The van der Waals surface area contributed by atoms with Gasteiger partial charge in [-0.2, -0.15) is 0 Å². The molecule has 0 saturated heterocycles. The fourth-order valence-corrected chi connectivity index (χ4v) is 6.66. The van der Waals surface area contributed by atoms with Crippen LogP contribution in [-0.4, -0.2) is 27.5 Å². The first-order valence-corrected chi connectivity index (χ1v) is 11.2. The minimum absolute atomic E-state index is 0.108. The van der Waals surface area contributed by atoms with E-state index in [1.165, 1.54) is 0 Å². The number of allylic oxidation sites excluding steroid dienone is 3. The molecule has 1 aliphatic rings. The molecule has 1 rings (SSSR count). The van der Waals surface area contributed by atoms with Crippen LogP contribution in [0.5, 0.6) is 0 Å². The van der Waals surface area contributed by atoms with E-state index in [1.54, 1.807) is 0 Å². The molecular formula is C12H22O2SSi. The Morgan fingerprint density at radius 1 is 1.12 bits per heavy atom. The highest BCUT2D eigenvalue weighted by Crippen LogP contribution is 2.22. The van der Waals surface area contributed by atoms with E-state index in [1.807, 2.05) is 31.2 Å². The Labute approximate surface area is 100 Å². The maximum atomic E-state index is 12.2. The Bertz CT molecular complexity index is 388. The third kappa shape index (κ3) is 3.90. The number of hydrogen-bond acceptors (Lipinski definition) is 2. The number of sulfone groups is 1. The fourth-order valence-electron chi connectivity index (χ4n) is 1.73. The second-order valence-corrected chi connectivity index (χ2v) is 13.7. The van der Waals surface area contributed by atoms with Gasteiger partial charge in [0.15, 0.2) is 9.84 Å². The maximum Gasteiger partial charge on any atom is 0.157 e. The predicted molar refractivity (Wildman–Crippen MR) is 73.2 cm³/mol. The lowest BCUT2D eigenvalue weighted by molar-refractivity contribution is 0.573. The molecule has 2 atom stereocenters. The van der Waals surface area contributed by atoms with E-state index in [4.69, 9.17) is 0 Å². The lowest BCUT2D eigenvalue weighted by Crippen LogP contribution is -2.32. The van der Waals surface area contributed by atoms with E-state index in [0.717, 1.165) is 6.04 Å². The van der Waals surface area contributed by atoms with Crippen LogP contribution >= 0.6 is 0 Å². The molecule has 16 heavy (non-hydrogen) atoms. The van der Waals surface area contributed by atoms with Gasteiger partial charge < -0.3 is 0 Å². The molecule has 0 aromatic carbocycles. The molecule has 0 spiro atoms. The molecular weight excluding hydrogens is 236 g/mol. The summed E-state index contributed by atoms with van der Waals surface area (Å²) in [5.74, 6) is 0.451. The standard InChI is InChI=1S/C12H22O2SSi/c1-11-7-5-6-8-12(11)15(13,14)9-10-16(2,3)4/h5-8,11-12H,9-10H2,1-4H3. The van der Waals surface area contributed by atoms with Crippen LogP contribution in [0.4, 0.5) is 0 Å². The zero-order valence-electron chi connectivity index (χ0n) is 10.6. The summed E-state index contributed by atoms with van der Waals surface area (Å²) in [5.41, 5.74) is 0. The molecule has 92 valence electrons. The monoisotopic (exact) mass is 258 g/mol. The lowest BCUT2D eigenvalue weighted by Gasteiger charge is -2.23. The van der Waals surface area contributed by atoms with Crippen LogP contribution < -0.4 is 0 Å². The molecule has 1 aliphatic carbocycles. The minimum Gasteiger partial charge on any atom is -0.228 e. The van der Waals surface area contributed by atoms with Gasteiger partial charge in [-0.1, -0.05) is 50.9 Å². The Balaban J connectivity index is 2.71. The Morgan fingerprint density at radius 3 is 2.19 bits per heavy atom. The van der Waals surface area contributed by atoms with Gasteiger partial charge in [-0.15, -0.1) is 0 Å². The molecule has 4 heteroatoms. The van der Waals surface area contributed by atoms with Crippen molar-refractivity contribution >= 4 is 17.9 Å². The first-order valence-electron chi connectivity index (χ1n) is 5.79. The summed E-state index contributed by atoms with van der Waals surface area (Å²) in [5, 5.41) is -0.311. The van der Waals surface area contributed by atoms with Crippen LogP contribution in [0.1, 0.15) is 6.92 Å². The molecule has 0 heterocycles. The molecule has 0 aliphatic heterocycles. The molecule has 0 N–H and O–H groups in total. The van der Waals surface area contributed by atoms with Gasteiger partial charge >= 0.3 is 0 Å². The van der Waals surface area contributed by atoms with Gasteiger partial charge in [-0.05, 0) is 12.0 Å². The third-order valence-electron chi connectivity index (χ3n) is 2.90. The summed E-state index contributed by atoms with van der Waals surface area (Å²) in [6, 6.07) is 0.857. The third-order valence-corrected chi connectivity index (χ3v) is 7.20. The smallest absolute Gasteiger partial charge is 0.157 e. The fraction of sp³-hybridized carbons (Fsp3) is 0.667. The quantitative estimate of drug-likeness (QED) is 0.727. The molecule has 0 aromatic heterocycles. The van der Waals surface area contributed by atoms with Crippen molar-refractivity contribution in [1.82, 2.24) is 0 Å². The molecule has 0 aromatic rings. The molecule has 0 bridgehead atoms. The largest absolute Gasteiger partial charge is 0.228 e. The first-order chi connectivity index (χ1) is 7.22. The maximum absolute atomic E-state index is 12.2. The highest BCUT2D eigenvalue weighted by Gasteiger charge is 2.29. The van der Waals surface area contributed by atoms with Crippen LogP contribution in [0, 0.1) is 5.92 Å². The summed E-state index contributed by atoms with van der Waals surface area (Å²) < 4.78 is 24.4. The van der Waals surface area contributed by atoms with Crippen molar-refractivity contribution in [3.63, 3.8) is 0 Å². The second kappa shape index (κ2) is 4.88. The van der Waals surface area contributed by atoms with Crippen LogP contribution in [0.3, 0.4) is 0 Å². The summed E-state index contributed by atoms with van der Waals surface area (Å²) in [6.45, 7) is 8.60. The minimum atomic E-state index is -2.97. The second-order valence-electron chi connectivity index (χ2n) is 5.77. The average molecular weight is 258 g/mol. The first kappa shape index (κ1) is 13.7. The Morgan fingerprint density at radius 2 is 1.69 bits per heavy atom. The van der Waals surface area contributed by atoms with Crippen molar-refractivity contribution in [3.8, 4) is 0 Å². The lowest BCUT2D eigenvalue weighted by atomic mass is 10.0. The Kier molecular flexibility index (Phi) is 4.18. The molecule has 2 nitrogen and oxygen atoms in total. The van der Waals surface area contributed by atoms with E-state index in [9.17, 15) is 8.42 Å². The highest BCUT2D eigenvalue weighted by molar-refractivity contribution is 7.92. The average Bonchev–Trinajstić information content (AvgIpc) is 2.14. The molecule has 0 amide bonds. The van der Waals surface area contributed by atoms with Crippen LogP contribution in [0.2, 0.25) is 25.7 Å². The van der Waals surface area contributed by atoms with Crippen molar-refractivity contribution in [3.05, 3.63) is 24.3 Å². The summed E-state index contributed by atoms with van der Waals surface area (Å²) in [7, 11) is -4.24. The predicted octanol–water partition coefficient (Wildman–Crippen LogP) is 2.87. The van der Waals surface area contributed by atoms with Gasteiger partial charge in [0.05, 0.1) is 5.25 Å². The molecule has 0 fully saturated rings. The van der Waals surface area contributed by atoms with E-state index in [-0.39, 0.29) is 11.2 Å². The molecule has 2 unspecified atom stereocenters. The highest BCUT2D eigenvalue weighted by atomic mass is 32.2. The van der Waals surface area contributed by atoms with E-state index in [0.29, 0.717) is 5.75 Å². The SMILES string of the molecule is CC1C=CC=CC1S(=O)(=O)CC[Si](C)(C)C. The Hall–Kier alpha value is -0.353. The van der Waals surface area contributed by atoms with Crippen molar-refractivity contribution in [1.29, 1.82) is 0 Å². The van der Waals surface area contributed by atoms with Gasteiger partial charge in [-0.3, -0.25) is 0 Å². The zero-order valence-corrected chi connectivity index (χ0v) is 12.4. The topological polar surface area (TPSA) is 34.1 Å². The van der Waals surface area contributed by atoms with Gasteiger partial charge in [0.1, 0.15) is 0 Å². The van der Waals surface area contributed by atoms with Gasteiger partial charge in [-0.25, -0.2) is 8.42 Å². The van der Waals surface area contributed by atoms with Gasteiger partial charge in [0.25, 0.3) is 0 Å². The van der Waals surface area contributed by atoms with E-state index < -0.39 is 17.9 Å². The van der Waals surface area contributed by atoms with Crippen LogP contribution in [0.15, 0.2) is 24.3 Å². The van der Waals surface area contributed by atoms with Crippen LogP contribution in [0.25, 0.3) is 0 Å². The molecule has 0 radical (unpaired) electrons. The van der Waals surface area contributed by atoms with Gasteiger partial charge in [0, 0.05) is 13.8 Å². The number of rotatable bonds is 4. The van der Waals surface area contributed by atoms with Crippen molar-refractivity contribution in [2.45, 2.75) is 37.9 Å². The van der Waals surface area contributed by atoms with Crippen molar-refractivity contribution < 1.29 is 8.42 Å². The van der Waals surface area contributed by atoms with E-state index in [2.05, 4.69) is 19.6 Å². The van der Waals surface area contributed by atoms with E-state index >= 15 is 0 Å². The summed E-state index contributed by atoms with van der Waals surface area (Å²) in [4.78, 5) is 0. The van der Waals surface area contributed by atoms with Crippen LogP contribution in [-0.2, 0) is 9.84 Å². The van der Waals surface area contributed by atoms with Crippen molar-refractivity contribution in [2.75, 3.05) is 5.75 Å². The summed E-state index contributed by atoms with van der Waals surface area (Å²) in [6.07, 6.45) is 7.56. The number of hydrogen-bond donors (Lipinski definition) is 0. The van der Waals surface area contributed by atoms with Crippen molar-refractivity contribution in [2.24, 2.45) is 5.92 Å². The van der Waals surface area contributed by atoms with Gasteiger partial charge in [0.2, 0.25) is 0 Å².